The number of hydrogen-bond acceptors (Lipinski definition) is 4. The van der Waals surface area contributed by atoms with Crippen molar-refractivity contribution in [1.82, 2.24) is 0 Å². The molecule has 0 spiro atoms. The molecule has 0 bridgehead atoms. The molecule has 0 aromatic heterocycles. The molecule has 22 heavy (non-hydrogen) atoms. The Kier molecular flexibility index (Phi) is 7.23. The van der Waals surface area contributed by atoms with Crippen molar-refractivity contribution in [1.29, 1.82) is 0 Å². The van der Waals surface area contributed by atoms with Gasteiger partial charge in [-0.05, 0) is 19.4 Å². The first kappa shape index (κ1) is 19.3. The van der Waals surface area contributed by atoms with Crippen LogP contribution in [0.3, 0.4) is 0 Å². The molecule has 0 saturated carbocycles. The molecule has 0 radical (unpaired) electrons. The van der Waals surface area contributed by atoms with Gasteiger partial charge in [0.15, 0.2) is 0 Å². The Morgan fingerprint density at radius 1 is 1.18 bits per heavy atom. The second-order valence-corrected chi connectivity index (χ2v) is 13.1. The normalized spacial score (nSPS) is 14.9. The lowest BCUT2D eigenvalue weighted by Crippen LogP contribution is -2.20. The van der Waals surface area contributed by atoms with E-state index in [1.165, 1.54) is 0 Å². The average Bonchev–Trinajstić information content (AvgIpc) is 2.44. The van der Waals surface area contributed by atoms with Crippen LogP contribution in [0, 0.1) is 0 Å². The van der Waals surface area contributed by atoms with E-state index in [2.05, 4.69) is 19.6 Å². The molecule has 124 valence electrons. The van der Waals surface area contributed by atoms with Gasteiger partial charge >= 0.3 is 7.60 Å². The van der Waals surface area contributed by atoms with Crippen molar-refractivity contribution < 1.29 is 18.7 Å². The Labute approximate surface area is 134 Å². The minimum Gasteiger partial charge on any atom is -0.383 e. The Bertz CT molecular complexity index is 527. The Morgan fingerprint density at radius 3 is 2.09 bits per heavy atom. The predicted octanol–water partition coefficient (Wildman–Crippen LogP) is 4.75. The summed E-state index contributed by atoms with van der Waals surface area (Å²) in [5.41, 5.74) is 2.61. The quantitative estimate of drug-likeness (QED) is 0.547. The third kappa shape index (κ3) is 5.49. The van der Waals surface area contributed by atoms with E-state index in [1.54, 1.807) is 13.8 Å². The third-order valence-corrected chi connectivity index (χ3v) is 6.51. The van der Waals surface area contributed by atoms with Gasteiger partial charge in [0.1, 0.15) is 6.10 Å². The largest absolute Gasteiger partial charge is 0.383 e. The van der Waals surface area contributed by atoms with Gasteiger partial charge in [-0.1, -0.05) is 55.7 Å². The van der Waals surface area contributed by atoms with Crippen molar-refractivity contribution in [2.45, 2.75) is 39.6 Å². The molecule has 1 rings (SSSR count). The maximum atomic E-state index is 13.2. The fourth-order valence-electron chi connectivity index (χ4n) is 2.08. The number of benzene rings is 1. The lowest BCUT2D eigenvalue weighted by molar-refractivity contribution is 0.193. The molecule has 0 aliphatic carbocycles. The van der Waals surface area contributed by atoms with Gasteiger partial charge in [0.2, 0.25) is 0 Å². The zero-order valence-electron chi connectivity index (χ0n) is 14.1. The number of aliphatic hydroxyl groups excluding tert-OH is 1. The lowest BCUT2D eigenvalue weighted by atomic mass is 10.1. The molecular formula is C16H27O4PSi. The molecule has 0 fully saturated rings. The molecule has 4 nitrogen and oxygen atoms in total. The Morgan fingerprint density at radius 2 is 1.68 bits per heavy atom. The number of aliphatic hydroxyl groups is 1. The topological polar surface area (TPSA) is 55.8 Å². The molecule has 1 N–H and O–H groups in total. The van der Waals surface area contributed by atoms with Crippen LogP contribution < -0.4 is 0 Å². The molecule has 0 aliphatic rings. The van der Waals surface area contributed by atoms with Crippen LogP contribution in [-0.2, 0) is 13.6 Å². The molecule has 6 heteroatoms. The highest BCUT2D eigenvalue weighted by atomic mass is 31.2. The summed E-state index contributed by atoms with van der Waals surface area (Å²) in [5, 5.41) is 11.1. The second-order valence-electron chi connectivity index (χ2n) is 6.08. The zero-order chi connectivity index (χ0) is 16.8. The fraction of sp³-hybridized carbons (Fsp3) is 0.500. The summed E-state index contributed by atoms with van der Waals surface area (Å²) in [6.07, 6.45) is -0.989. The second kappa shape index (κ2) is 8.23. The predicted molar refractivity (Wildman–Crippen MR) is 93.7 cm³/mol. The maximum absolute atomic E-state index is 13.2. The van der Waals surface area contributed by atoms with Crippen molar-refractivity contribution >= 4 is 15.7 Å². The highest BCUT2D eigenvalue weighted by Gasteiger charge is 2.36. The van der Waals surface area contributed by atoms with Crippen molar-refractivity contribution in [2.24, 2.45) is 0 Å². The highest BCUT2D eigenvalue weighted by molar-refractivity contribution is 7.58. The first-order chi connectivity index (χ1) is 10.2. The molecule has 1 unspecified atom stereocenters. The molecule has 0 heterocycles. The van der Waals surface area contributed by atoms with Gasteiger partial charge in [0.25, 0.3) is 0 Å². The van der Waals surface area contributed by atoms with Crippen molar-refractivity contribution in [3.8, 4) is 0 Å². The van der Waals surface area contributed by atoms with Crippen LogP contribution in [0.5, 0.6) is 0 Å². The van der Waals surface area contributed by atoms with Crippen LogP contribution in [0.15, 0.2) is 41.3 Å². The van der Waals surface area contributed by atoms with Crippen molar-refractivity contribution in [3.63, 3.8) is 0 Å². The van der Waals surface area contributed by atoms with Gasteiger partial charge < -0.3 is 14.2 Å². The van der Waals surface area contributed by atoms with E-state index in [0.717, 1.165) is 0 Å². The maximum Gasteiger partial charge on any atom is 0.359 e. The first-order valence-electron chi connectivity index (χ1n) is 7.59. The van der Waals surface area contributed by atoms with Crippen LogP contribution in [0.25, 0.3) is 0 Å². The van der Waals surface area contributed by atoms with E-state index >= 15 is 0 Å². The van der Waals surface area contributed by atoms with Crippen molar-refractivity contribution in [3.05, 3.63) is 46.9 Å². The van der Waals surface area contributed by atoms with E-state index in [-0.39, 0.29) is 13.2 Å². The SMILES string of the molecule is CCOP(=O)(OCC)/C(=C/[Si](C)(C)C)C(O)c1ccccc1. The Balaban J connectivity index is 3.35. The van der Waals surface area contributed by atoms with E-state index < -0.39 is 21.8 Å². The first-order valence-corrected chi connectivity index (χ1v) is 12.7. The lowest BCUT2D eigenvalue weighted by Gasteiger charge is -2.26. The minimum atomic E-state index is -3.50. The van der Waals surface area contributed by atoms with Gasteiger partial charge in [0, 0.05) is 0 Å². The van der Waals surface area contributed by atoms with E-state index in [0.29, 0.717) is 10.9 Å². The monoisotopic (exact) mass is 342 g/mol. The molecule has 1 atom stereocenters. The summed E-state index contributed by atoms with van der Waals surface area (Å²) in [6.45, 7) is 10.4. The van der Waals surface area contributed by atoms with Crippen LogP contribution in [0.4, 0.5) is 0 Å². The van der Waals surface area contributed by atoms with Gasteiger partial charge in [-0.3, -0.25) is 4.57 Å². The Hall–Kier alpha value is -0.713. The molecule has 1 aromatic carbocycles. The van der Waals surface area contributed by atoms with Gasteiger partial charge in [0.05, 0.1) is 26.6 Å². The van der Waals surface area contributed by atoms with Crippen LogP contribution >= 0.6 is 7.60 Å². The summed E-state index contributed by atoms with van der Waals surface area (Å²) in [5.74, 6) is 0. The summed E-state index contributed by atoms with van der Waals surface area (Å²) in [6, 6.07) is 9.19. The van der Waals surface area contributed by atoms with Gasteiger partial charge in [-0.15, -0.1) is 0 Å². The summed E-state index contributed by atoms with van der Waals surface area (Å²) < 4.78 is 24.1. The standard InChI is InChI=1S/C16H27O4PSi/c1-6-19-21(18,20-7-2)15(13-22(3,4)5)16(17)14-11-9-8-10-12-14/h8-13,16-17H,6-7H2,1-5H3/b15-13+. The third-order valence-electron chi connectivity index (χ3n) is 2.89. The molecule has 0 amide bonds. The molecule has 1 aromatic rings. The van der Waals surface area contributed by atoms with Gasteiger partial charge in [-0.2, -0.15) is 0 Å². The van der Waals surface area contributed by atoms with Crippen molar-refractivity contribution in [2.75, 3.05) is 13.2 Å². The molecular weight excluding hydrogens is 315 g/mol. The zero-order valence-corrected chi connectivity index (χ0v) is 16.0. The summed E-state index contributed by atoms with van der Waals surface area (Å²) >= 11 is 0. The van der Waals surface area contributed by atoms with Crippen LogP contribution in [0.2, 0.25) is 19.6 Å². The number of rotatable bonds is 8. The van der Waals surface area contributed by atoms with Crippen LogP contribution in [-0.4, -0.2) is 26.4 Å². The molecule has 0 saturated heterocycles. The smallest absolute Gasteiger partial charge is 0.359 e. The van der Waals surface area contributed by atoms with E-state index in [4.69, 9.17) is 9.05 Å². The summed E-state index contributed by atoms with van der Waals surface area (Å²) in [7, 11) is -5.24. The summed E-state index contributed by atoms with van der Waals surface area (Å²) in [4.78, 5) is 0. The number of hydrogen-bond donors (Lipinski definition) is 1. The van der Waals surface area contributed by atoms with E-state index in [9.17, 15) is 9.67 Å². The van der Waals surface area contributed by atoms with Gasteiger partial charge in [-0.25, -0.2) is 0 Å². The minimum absolute atomic E-state index is 0.266. The average molecular weight is 342 g/mol. The van der Waals surface area contributed by atoms with Crippen LogP contribution in [0.1, 0.15) is 25.5 Å². The van der Waals surface area contributed by atoms with E-state index in [1.807, 2.05) is 36.0 Å². The fourth-order valence-corrected chi connectivity index (χ4v) is 6.42. The molecule has 0 aliphatic heterocycles. The highest BCUT2D eigenvalue weighted by Crippen LogP contribution is 2.60.